The van der Waals surface area contributed by atoms with Gasteiger partial charge in [0, 0.05) is 6.04 Å². The minimum Gasteiger partial charge on any atom is -0.319 e. The number of nitrogens with one attached hydrogen (secondary N) is 2. The zero-order valence-corrected chi connectivity index (χ0v) is 7.48. The van der Waals surface area contributed by atoms with Crippen LogP contribution in [-0.4, -0.2) is 26.2 Å². The normalized spacial score (nSPS) is 24.9. The highest BCUT2D eigenvalue weighted by molar-refractivity contribution is 5.10. The number of hydrogen-bond donors (Lipinski definition) is 2. The zero-order chi connectivity index (χ0) is 8.10. The molecule has 0 aromatic carbocycles. The Morgan fingerprint density at radius 1 is 1.73 bits per heavy atom. The average Bonchev–Trinajstić information content (AvgIpc) is 2.01. The lowest BCUT2D eigenvalue weighted by Crippen LogP contribution is -2.30. The molecule has 0 spiro atoms. The molecular formula is C9H18N2. The first-order valence-corrected chi connectivity index (χ1v) is 4.40. The Hall–Kier alpha value is -0.340. The summed E-state index contributed by atoms with van der Waals surface area (Å²) in [4.78, 5) is 0. The van der Waals surface area contributed by atoms with Crippen molar-refractivity contribution in [1.82, 2.24) is 10.6 Å². The van der Waals surface area contributed by atoms with E-state index in [0.29, 0.717) is 6.04 Å². The van der Waals surface area contributed by atoms with Gasteiger partial charge in [-0.3, -0.25) is 0 Å². The highest BCUT2D eigenvalue weighted by Crippen LogP contribution is 2.10. The van der Waals surface area contributed by atoms with Crippen LogP contribution in [0.5, 0.6) is 0 Å². The first kappa shape index (κ1) is 8.75. The summed E-state index contributed by atoms with van der Waals surface area (Å²) in [5.41, 5.74) is 1.60. The Morgan fingerprint density at radius 2 is 2.55 bits per heavy atom. The van der Waals surface area contributed by atoms with Gasteiger partial charge in [0.15, 0.2) is 0 Å². The first-order chi connectivity index (χ1) is 5.33. The van der Waals surface area contributed by atoms with Crippen LogP contribution in [0.2, 0.25) is 0 Å². The summed E-state index contributed by atoms with van der Waals surface area (Å²) in [5.74, 6) is 0. The lowest BCUT2D eigenvalue weighted by Gasteiger charge is -2.19. The maximum Gasteiger partial charge on any atom is 0.0224 e. The van der Waals surface area contributed by atoms with E-state index in [1.54, 1.807) is 5.57 Å². The molecule has 1 aliphatic heterocycles. The lowest BCUT2D eigenvalue weighted by molar-refractivity contribution is 0.580. The second-order valence-corrected chi connectivity index (χ2v) is 3.17. The third-order valence-corrected chi connectivity index (χ3v) is 2.09. The van der Waals surface area contributed by atoms with E-state index in [4.69, 9.17) is 0 Å². The van der Waals surface area contributed by atoms with Crippen LogP contribution < -0.4 is 10.6 Å². The van der Waals surface area contributed by atoms with Crippen molar-refractivity contribution in [2.75, 3.05) is 20.1 Å². The fraction of sp³-hybridized carbons (Fsp3) is 0.778. The Balaban J connectivity index is 2.31. The molecule has 0 bridgehead atoms. The molecule has 0 aromatic heterocycles. The summed E-state index contributed by atoms with van der Waals surface area (Å²) in [6.07, 6.45) is 4.79. The second-order valence-electron chi connectivity index (χ2n) is 3.17. The van der Waals surface area contributed by atoms with Crippen LogP contribution in [0.15, 0.2) is 11.6 Å². The van der Waals surface area contributed by atoms with Crippen molar-refractivity contribution < 1.29 is 0 Å². The largest absolute Gasteiger partial charge is 0.319 e. The molecule has 1 atom stereocenters. The molecule has 0 aliphatic carbocycles. The van der Waals surface area contributed by atoms with Crippen molar-refractivity contribution in [3.63, 3.8) is 0 Å². The van der Waals surface area contributed by atoms with E-state index in [1.807, 2.05) is 7.05 Å². The third kappa shape index (κ3) is 3.04. The molecule has 0 saturated carbocycles. The molecule has 11 heavy (non-hydrogen) atoms. The van der Waals surface area contributed by atoms with Gasteiger partial charge >= 0.3 is 0 Å². The number of rotatable bonds is 3. The molecule has 0 fully saturated rings. The molecule has 0 aromatic rings. The van der Waals surface area contributed by atoms with Gasteiger partial charge in [-0.1, -0.05) is 11.6 Å². The van der Waals surface area contributed by atoms with Gasteiger partial charge in [0.1, 0.15) is 0 Å². The van der Waals surface area contributed by atoms with Crippen LogP contribution in [-0.2, 0) is 0 Å². The van der Waals surface area contributed by atoms with Crippen molar-refractivity contribution >= 4 is 0 Å². The third-order valence-electron chi connectivity index (χ3n) is 2.09. The Bertz CT molecular complexity index is 140. The fourth-order valence-corrected chi connectivity index (χ4v) is 1.45. The zero-order valence-electron chi connectivity index (χ0n) is 7.48. The van der Waals surface area contributed by atoms with Gasteiger partial charge in [0.2, 0.25) is 0 Å². The van der Waals surface area contributed by atoms with Crippen LogP contribution in [0.4, 0.5) is 0 Å². The van der Waals surface area contributed by atoms with Gasteiger partial charge in [-0.25, -0.2) is 0 Å². The summed E-state index contributed by atoms with van der Waals surface area (Å²) in [6.45, 7) is 4.47. The molecule has 2 heteroatoms. The molecule has 1 rings (SSSR count). The second kappa shape index (κ2) is 4.52. The van der Waals surface area contributed by atoms with Gasteiger partial charge in [-0.2, -0.15) is 0 Å². The molecule has 0 radical (unpaired) electrons. The van der Waals surface area contributed by atoms with E-state index in [2.05, 4.69) is 23.6 Å². The van der Waals surface area contributed by atoms with E-state index in [1.165, 1.54) is 12.8 Å². The topological polar surface area (TPSA) is 24.1 Å². The molecule has 1 heterocycles. The summed E-state index contributed by atoms with van der Waals surface area (Å²) in [6, 6.07) is 0.579. The minimum absolute atomic E-state index is 0.579. The molecule has 2 nitrogen and oxygen atoms in total. The Morgan fingerprint density at radius 3 is 3.18 bits per heavy atom. The molecule has 64 valence electrons. The van der Waals surface area contributed by atoms with E-state index >= 15 is 0 Å². The van der Waals surface area contributed by atoms with Crippen LogP contribution in [0.1, 0.15) is 19.8 Å². The highest BCUT2D eigenvalue weighted by atomic mass is 14.9. The predicted octanol–water partition coefficient (Wildman–Crippen LogP) is 0.904. The monoisotopic (exact) mass is 154 g/mol. The summed E-state index contributed by atoms with van der Waals surface area (Å²) >= 11 is 0. The van der Waals surface area contributed by atoms with E-state index in [9.17, 15) is 0 Å². The maximum atomic E-state index is 3.39. The van der Waals surface area contributed by atoms with Crippen LogP contribution in [0.3, 0.4) is 0 Å². The summed E-state index contributed by atoms with van der Waals surface area (Å²) in [5, 5.41) is 6.56. The smallest absolute Gasteiger partial charge is 0.0224 e. The Labute approximate surface area is 69.1 Å². The van der Waals surface area contributed by atoms with Gasteiger partial charge in [0.25, 0.3) is 0 Å². The van der Waals surface area contributed by atoms with Crippen LogP contribution >= 0.6 is 0 Å². The van der Waals surface area contributed by atoms with Gasteiger partial charge < -0.3 is 10.6 Å². The summed E-state index contributed by atoms with van der Waals surface area (Å²) < 4.78 is 0. The quantitative estimate of drug-likeness (QED) is 0.590. The molecule has 1 unspecified atom stereocenters. The first-order valence-electron chi connectivity index (χ1n) is 4.40. The average molecular weight is 154 g/mol. The number of hydrogen-bond acceptors (Lipinski definition) is 2. The Kier molecular flexibility index (Phi) is 3.60. The van der Waals surface area contributed by atoms with Crippen molar-refractivity contribution in [3.8, 4) is 0 Å². The van der Waals surface area contributed by atoms with Crippen molar-refractivity contribution in [3.05, 3.63) is 11.6 Å². The molecule has 0 amide bonds. The predicted molar refractivity (Wildman–Crippen MR) is 48.7 cm³/mol. The highest BCUT2D eigenvalue weighted by Gasteiger charge is 2.06. The maximum absolute atomic E-state index is 3.39. The molecule has 1 aliphatic rings. The molecule has 0 saturated heterocycles. The van der Waals surface area contributed by atoms with Crippen LogP contribution in [0, 0.1) is 0 Å². The SMILES string of the molecule is CNCCC1=CC(C)NCC1. The van der Waals surface area contributed by atoms with E-state index in [0.717, 1.165) is 13.1 Å². The summed E-state index contributed by atoms with van der Waals surface area (Å²) in [7, 11) is 2.01. The molecule has 2 N–H and O–H groups in total. The van der Waals surface area contributed by atoms with Crippen molar-refractivity contribution in [2.45, 2.75) is 25.8 Å². The lowest BCUT2D eigenvalue weighted by atomic mass is 10.0. The van der Waals surface area contributed by atoms with E-state index < -0.39 is 0 Å². The fourth-order valence-electron chi connectivity index (χ4n) is 1.45. The van der Waals surface area contributed by atoms with E-state index in [-0.39, 0.29) is 0 Å². The standard InChI is InChI=1S/C9H18N2/c1-8-7-9(3-5-10-2)4-6-11-8/h7-8,10-11H,3-6H2,1-2H3. The van der Waals surface area contributed by atoms with Gasteiger partial charge in [0.05, 0.1) is 0 Å². The van der Waals surface area contributed by atoms with Gasteiger partial charge in [-0.05, 0) is 39.9 Å². The van der Waals surface area contributed by atoms with Crippen LogP contribution in [0.25, 0.3) is 0 Å². The minimum atomic E-state index is 0.579. The molecular weight excluding hydrogens is 136 g/mol. The van der Waals surface area contributed by atoms with Crippen molar-refractivity contribution in [1.29, 1.82) is 0 Å². The van der Waals surface area contributed by atoms with Gasteiger partial charge in [-0.15, -0.1) is 0 Å². The van der Waals surface area contributed by atoms with Crippen molar-refractivity contribution in [2.24, 2.45) is 0 Å².